The van der Waals surface area contributed by atoms with E-state index in [2.05, 4.69) is 5.32 Å². The molecule has 0 aromatic heterocycles. The predicted octanol–water partition coefficient (Wildman–Crippen LogP) is 3.02. The molecule has 5 atom stereocenters. The van der Waals surface area contributed by atoms with Crippen molar-refractivity contribution in [1.82, 2.24) is 5.32 Å². The number of amides is 1. The first-order valence-electron chi connectivity index (χ1n) is 9.36. The number of ether oxygens (including phenoxy) is 2. The Balaban J connectivity index is 1.13. The van der Waals surface area contributed by atoms with Crippen molar-refractivity contribution in [1.29, 1.82) is 0 Å². The largest absolute Gasteiger partial charge is 0.491 e. The van der Waals surface area contributed by atoms with Crippen LogP contribution in [0.25, 0.3) is 0 Å². The van der Waals surface area contributed by atoms with Gasteiger partial charge in [0.2, 0.25) is 5.91 Å². The average molecular weight is 329 g/mol. The van der Waals surface area contributed by atoms with Crippen LogP contribution in [0.15, 0.2) is 30.3 Å². The van der Waals surface area contributed by atoms with Crippen LogP contribution in [0.4, 0.5) is 0 Å². The lowest BCUT2D eigenvalue weighted by molar-refractivity contribution is -0.127. The van der Waals surface area contributed by atoms with Crippen LogP contribution in [0, 0.1) is 23.7 Å². The highest BCUT2D eigenvalue weighted by molar-refractivity contribution is 5.77. The van der Waals surface area contributed by atoms with Gasteiger partial charge in [0.15, 0.2) is 0 Å². The van der Waals surface area contributed by atoms with E-state index < -0.39 is 0 Å². The molecule has 4 heteroatoms. The molecule has 0 unspecified atom stereocenters. The molecule has 0 spiro atoms. The van der Waals surface area contributed by atoms with Gasteiger partial charge in [0, 0.05) is 6.04 Å². The molecule has 1 aromatic rings. The molecule has 0 saturated heterocycles. The number of hydrogen-bond acceptors (Lipinski definition) is 3. The van der Waals surface area contributed by atoms with E-state index in [-0.39, 0.29) is 12.5 Å². The summed E-state index contributed by atoms with van der Waals surface area (Å²) < 4.78 is 11.0. The van der Waals surface area contributed by atoms with Crippen LogP contribution < -0.4 is 10.1 Å². The Morgan fingerprint density at radius 3 is 2.75 bits per heavy atom. The Morgan fingerprint density at radius 2 is 1.88 bits per heavy atom. The number of fused-ring (bicyclic) bond motifs is 5. The summed E-state index contributed by atoms with van der Waals surface area (Å²) in [5.74, 6) is 4.31. The zero-order chi connectivity index (χ0) is 16.4. The highest BCUT2D eigenvalue weighted by Gasteiger charge is 2.53. The Kier molecular flexibility index (Phi) is 4.74. The van der Waals surface area contributed by atoms with Crippen molar-refractivity contribution in [3.8, 4) is 5.75 Å². The third-order valence-electron chi connectivity index (χ3n) is 6.25. The van der Waals surface area contributed by atoms with Crippen molar-refractivity contribution in [2.24, 2.45) is 23.7 Å². The van der Waals surface area contributed by atoms with E-state index in [9.17, 15) is 4.79 Å². The van der Waals surface area contributed by atoms with Gasteiger partial charge in [0.05, 0.1) is 6.61 Å². The van der Waals surface area contributed by atoms with Crippen LogP contribution in [0.1, 0.15) is 32.1 Å². The molecule has 0 heterocycles. The van der Waals surface area contributed by atoms with Crippen LogP contribution in [0.5, 0.6) is 5.75 Å². The third-order valence-corrected chi connectivity index (χ3v) is 6.25. The smallest absolute Gasteiger partial charge is 0.246 e. The Hall–Kier alpha value is -1.55. The zero-order valence-electron chi connectivity index (χ0n) is 14.2. The zero-order valence-corrected chi connectivity index (χ0v) is 14.2. The maximum atomic E-state index is 12.1. The number of para-hydroxylation sites is 1. The molecule has 0 radical (unpaired) electrons. The molecule has 3 aliphatic carbocycles. The third kappa shape index (κ3) is 3.30. The molecule has 3 aliphatic rings. The van der Waals surface area contributed by atoms with E-state index >= 15 is 0 Å². The first-order chi connectivity index (χ1) is 11.8. The highest BCUT2D eigenvalue weighted by atomic mass is 16.5. The second kappa shape index (κ2) is 7.14. The van der Waals surface area contributed by atoms with Gasteiger partial charge in [-0.05, 0) is 61.5 Å². The Bertz CT molecular complexity index is 561. The van der Waals surface area contributed by atoms with Gasteiger partial charge in [-0.15, -0.1) is 0 Å². The van der Waals surface area contributed by atoms with E-state index in [0.29, 0.717) is 19.3 Å². The molecular formula is C20H27NO3. The van der Waals surface area contributed by atoms with E-state index in [4.69, 9.17) is 9.47 Å². The van der Waals surface area contributed by atoms with E-state index in [1.807, 2.05) is 30.3 Å². The maximum Gasteiger partial charge on any atom is 0.246 e. The molecule has 4 nitrogen and oxygen atoms in total. The van der Waals surface area contributed by atoms with Crippen LogP contribution in [-0.4, -0.2) is 31.8 Å². The second-order valence-electron chi connectivity index (χ2n) is 7.54. The van der Waals surface area contributed by atoms with Gasteiger partial charge in [-0.2, -0.15) is 0 Å². The van der Waals surface area contributed by atoms with Crippen molar-refractivity contribution in [2.45, 2.75) is 38.1 Å². The minimum atomic E-state index is 0.0295. The monoisotopic (exact) mass is 329 g/mol. The molecule has 130 valence electrons. The van der Waals surface area contributed by atoms with Crippen LogP contribution >= 0.6 is 0 Å². The first-order valence-corrected chi connectivity index (χ1v) is 9.36. The number of benzene rings is 1. The molecule has 0 aliphatic heterocycles. The molecule has 4 rings (SSSR count). The topological polar surface area (TPSA) is 47.6 Å². The fourth-order valence-corrected chi connectivity index (χ4v) is 5.38. The number of nitrogens with one attached hydrogen (secondary N) is 1. The molecular weight excluding hydrogens is 302 g/mol. The van der Waals surface area contributed by atoms with Crippen LogP contribution in [0.3, 0.4) is 0 Å². The van der Waals surface area contributed by atoms with Gasteiger partial charge >= 0.3 is 0 Å². The minimum Gasteiger partial charge on any atom is -0.491 e. The fraction of sp³-hybridized carbons (Fsp3) is 0.650. The molecule has 1 N–H and O–H groups in total. The summed E-state index contributed by atoms with van der Waals surface area (Å²) >= 11 is 0. The van der Waals surface area contributed by atoms with Gasteiger partial charge in [0.1, 0.15) is 19.0 Å². The number of carbonyl (C=O) groups excluding carboxylic acids is 1. The predicted molar refractivity (Wildman–Crippen MR) is 91.7 cm³/mol. The normalized spacial score (nSPS) is 33.4. The Morgan fingerprint density at radius 1 is 1.04 bits per heavy atom. The standard InChI is InChI=1S/C20H27NO3/c22-20(13-23-9-10-24-15-5-2-1-3-6-15)21-19-12-14-11-18(19)17-8-4-7-16(14)17/h1-3,5-6,14,16-19H,4,7-13H2,(H,21,22)/t14-,16-,17-,18+,19-/m1/s1. The summed E-state index contributed by atoms with van der Waals surface area (Å²) in [4.78, 5) is 12.1. The number of rotatable bonds is 7. The summed E-state index contributed by atoms with van der Waals surface area (Å²) in [5.41, 5.74) is 0. The molecule has 24 heavy (non-hydrogen) atoms. The molecule has 1 amide bonds. The molecule has 3 fully saturated rings. The van der Waals surface area contributed by atoms with Crippen LogP contribution in [-0.2, 0) is 9.53 Å². The van der Waals surface area contributed by atoms with Gasteiger partial charge in [-0.25, -0.2) is 0 Å². The summed E-state index contributed by atoms with van der Waals surface area (Å²) in [6.45, 7) is 1.04. The van der Waals surface area contributed by atoms with E-state index in [0.717, 1.165) is 29.4 Å². The van der Waals surface area contributed by atoms with Crippen molar-refractivity contribution < 1.29 is 14.3 Å². The summed E-state index contributed by atoms with van der Waals surface area (Å²) in [6.07, 6.45) is 6.73. The van der Waals surface area contributed by atoms with E-state index in [1.54, 1.807) is 0 Å². The van der Waals surface area contributed by atoms with Gasteiger partial charge < -0.3 is 14.8 Å². The lowest BCUT2D eigenvalue weighted by atomic mass is 9.79. The molecule has 3 saturated carbocycles. The molecule has 1 aromatic carbocycles. The maximum absolute atomic E-state index is 12.1. The number of hydrogen-bond donors (Lipinski definition) is 1. The highest BCUT2D eigenvalue weighted by Crippen LogP contribution is 2.58. The van der Waals surface area contributed by atoms with Crippen LogP contribution in [0.2, 0.25) is 0 Å². The summed E-state index contributed by atoms with van der Waals surface area (Å²) in [6, 6.07) is 10.1. The van der Waals surface area contributed by atoms with E-state index in [1.165, 1.54) is 32.1 Å². The first kappa shape index (κ1) is 15.9. The van der Waals surface area contributed by atoms with Gasteiger partial charge in [0.25, 0.3) is 0 Å². The lowest BCUT2D eigenvalue weighted by Crippen LogP contribution is -2.43. The summed E-state index contributed by atoms with van der Waals surface area (Å²) in [5, 5.41) is 3.23. The van der Waals surface area contributed by atoms with Gasteiger partial charge in [-0.3, -0.25) is 4.79 Å². The molecule has 2 bridgehead atoms. The van der Waals surface area contributed by atoms with Crippen molar-refractivity contribution >= 4 is 5.91 Å². The van der Waals surface area contributed by atoms with Crippen molar-refractivity contribution in [2.75, 3.05) is 19.8 Å². The number of carbonyl (C=O) groups is 1. The minimum absolute atomic E-state index is 0.0295. The second-order valence-corrected chi connectivity index (χ2v) is 7.54. The average Bonchev–Trinajstić information content (AvgIpc) is 3.28. The quantitative estimate of drug-likeness (QED) is 0.782. The fourth-order valence-electron chi connectivity index (χ4n) is 5.38. The van der Waals surface area contributed by atoms with Gasteiger partial charge in [-0.1, -0.05) is 24.6 Å². The lowest BCUT2D eigenvalue weighted by Gasteiger charge is -2.32. The van der Waals surface area contributed by atoms with Crippen molar-refractivity contribution in [3.05, 3.63) is 30.3 Å². The summed E-state index contributed by atoms with van der Waals surface area (Å²) in [7, 11) is 0. The SMILES string of the molecule is O=C(COCCOc1ccccc1)N[C@@H]1C[C@H]2C[C@H]1[C@@H]1CCC[C@H]21. The van der Waals surface area contributed by atoms with Crippen molar-refractivity contribution in [3.63, 3.8) is 0 Å². The Labute approximate surface area is 143 Å².